The van der Waals surface area contributed by atoms with Crippen LogP contribution in [-0.2, 0) is 6.18 Å². The highest BCUT2D eigenvalue weighted by molar-refractivity contribution is 5.45. The molecule has 2 heterocycles. The SMILES string of the molecule is FC(F)(F)c1ccc(N2CCNCC2)nc1OCCOc1ccccc1. The van der Waals surface area contributed by atoms with Gasteiger partial charge in [0.15, 0.2) is 0 Å². The highest BCUT2D eigenvalue weighted by Gasteiger charge is 2.36. The maximum Gasteiger partial charge on any atom is 0.421 e. The maximum atomic E-state index is 13.2. The minimum absolute atomic E-state index is 0.0318. The first kappa shape index (κ1) is 18.3. The Balaban J connectivity index is 1.68. The zero-order valence-corrected chi connectivity index (χ0v) is 14.1. The number of rotatable bonds is 6. The molecule has 1 aliphatic heterocycles. The van der Waals surface area contributed by atoms with Crippen molar-refractivity contribution in [3.05, 3.63) is 48.0 Å². The maximum absolute atomic E-state index is 13.2. The number of anilines is 1. The van der Waals surface area contributed by atoms with Crippen molar-refractivity contribution in [3.8, 4) is 11.6 Å². The van der Waals surface area contributed by atoms with E-state index >= 15 is 0 Å². The molecule has 0 amide bonds. The zero-order valence-electron chi connectivity index (χ0n) is 14.1. The van der Waals surface area contributed by atoms with E-state index < -0.39 is 17.6 Å². The number of nitrogens with zero attached hydrogens (tertiary/aromatic N) is 2. The third kappa shape index (κ3) is 4.78. The zero-order chi connectivity index (χ0) is 18.4. The average molecular weight is 367 g/mol. The molecular weight excluding hydrogens is 347 g/mol. The fourth-order valence-electron chi connectivity index (χ4n) is 2.64. The lowest BCUT2D eigenvalue weighted by Gasteiger charge is -2.29. The summed E-state index contributed by atoms with van der Waals surface area (Å²) in [7, 11) is 0. The smallest absolute Gasteiger partial charge is 0.421 e. The average Bonchev–Trinajstić information content (AvgIpc) is 2.66. The van der Waals surface area contributed by atoms with E-state index in [1.54, 1.807) is 12.1 Å². The second kappa shape index (κ2) is 8.27. The van der Waals surface area contributed by atoms with Crippen molar-refractivity contribution >= 4 is 5.82 Å². The summed E-state index contributed by atoms with van der Waals surface area (Å²) in [5, 5.41) is 3.19. The molecular formula is C18H20F3N3O2. The third-order valence-electron chi connectivity index (χ3n) is 3.93. The van der Waals surface area contributed by atoms with Crippen molar-refractivity contribution in [2.45, 2.75) is 6.18 Å². The lowest BCUT2D eigenvalue weighted by Crippen LogP contribution is -2.43. The fourth-order valence-corrected chi connectivity index (χ4v) is 2.64. The van der Waals surface area contributed by atoms with Gasteiger partial charge in [0.25, 0.3) is 0 Å². The van der Waals surface area contributed by atoms with Crippen LogP contribution >= 0.6 is 0 Å². The summed E-state index contributed by atoms with van der Waals surface area (Å²) < 4.78 is 50.4. The first-order valence-electron chi connectivity index (χ1n) is 8.38. The van der Waals surface area contributed by atoms with Gasteiger partial charge >= 0.3 is 6.18 Å². The van der Waals surface area contributed by atoms with Crippen LogP contribution in [0, 0.1) is 0 Å². The molecule has 1 saturated heterocycles. The largest absolute Gasteiger partial charge is 0.490 e. The summed E-state index contributed by atoms with van der Waals surface area (Å²) in [6.45, 7) is 3.01. The van der Waals surface area contributed by atoms with Crippen molar-refractivity contribution in [3.63, 3.8) is 0 Å². The topological polar surface area (TPSA) is 46.6 Å². The molecule has 26 heavy (non-hydrogen) atoms. The van der Waals surface area contributed by atoms with Crippen LogP contribution in [0.5, 0.6) is 11.6 Å². The summed E-state index contributed by atoms with van der Waals surface area (Å²) in [5.41, 5.74) is -0.879. The van der Waals surface area contributed by atoms with Gasteiger partial charge in [-0.05, 0) is 24.3 Å². The molecule has 0 radical (unpaired) electrons. The predicted octanol–water partition coefficient (Wildman–Crippen LogP) is 2.97. The lowest BCUT2D eigenvalue weighted by molar-refractivity contribution is -0.139. The molecule has 0 atom stereocenters. The third-order valence-corrected chi connectivity index (χ3v) is 3.93. The molecule has 1 fully saturated rings. The molecule has 5 nitrogen and oxygen atoms in total. The Bertz CT molecular complexity index is 705. The number of alkyl halides is 3. The molecule has 0 aliphatic carbocycles. The summed E-state index contributed by atoms with van der Waals surface area (Å²) in [6.07, 6.45) is -4.52. The number of halogens is 3. The van der Waals surface area contributed by atoms with Crippen LogP contribution in [0.3, 0.4) is 0 Å². The van der Waals surface area contributed by atoms with E-state index in [0.29, 0.717) is 24.7 Å². The molecule has 3 rings (SSSR count). The highest BCUT2D eigenvalue weighted by Crippen LogP contribution is 2.36. The van der Waals surface area contributed by atoms with Crippen molar-refractivity contribution in [2.75, 3.05) is 44.3 Å². The Hall–Kier alpha value is -2.48. The number of benzene rings is 1. The lowest BCUT2D eigenvalue weighted by atomic mass is 10.2. The number of ether oxygens (including phenoxy) is 2. The van der Waals surface area contributed by atoms with Gasteiger partial charge in [-0.25, -0.2) is 0 Å². The van der Waals surface area contributed by atoms with Gasteiger partial charge < -0.3 is 19.7 Å². The fraction of sp³-hybridized carbons (Fsp3) is 0.389. The second-order valence-electron chi connectivity index (χ2n) is 5.77. The van der Waals surface area contributed by atoms with Gasteiger partial charge in [0, 0.05) is 26.2 Å². The van der Waals surface area contributed by atoms with Gasteiger partial charge in [-0.15, -0.1) is 0 Å². The van der Waals surface area contributed by atoms with E-state index in [1.165, 1.54) is 6.07 Å². The molecule has 1 aromatic heterocycles. The highest BCUT2D eigenvalue weighted by atomic mass is 19.4. The summed E-state index contributed by atoms with van der Waals surface area (Å²) in [4.78, 5) is 6.04. The van der Waals surface area contributed by atoms with E-state index in [9.17, 15) is 13.2 Å². The van der Waals surface area contributed by atoms with Crippen molar-refractivity contribution in [1.29, 1.82) is 0 Å². The van der Waals surface area contributed by atoms with Crippen LogP contribution in [0.15, 0.2) is 42.5 Å². The molecule has 140 valence electrons. The molecule has 0 saturated carbocycles. The van der Waals surface area contributed by atoms with E-state index in [-0.39, 0.29) is 13.2 Å². The van der Waals surface area contributed by atoms with Gasteiger partial charge in [0.2, 0.25) is 5.88 Å². The van der Waals surface area contributed by atoms with Crippen molar-refractivity contribution in [1.82, 2.24) is 10.3 Å². The van der Waals surface area contributed by atoms with Crippen molar-refractivity contribution in [2.24, 2.45) is 0 Å². The molecule has 2 aromatic rings. The molecule has 1 aromatic carbocycles. The molecule has 0 spiro atoms. The van der Waals surface area contributed by atoms with Gasteiger partial charge in [0.05, 0.1) is 0 Å². The van der Waals surface area contributed by atoms with E-state index in [0.717, 1.165) is 19.2 Å². The van der Waals surface area contributed by atoms with Crippen LogP contribution in [-0.4, -0.2) is 44.4 Å². The number of piperazine rings is 1. The van der Waals surface area contributed by atoms with Crippen molar-refractivity contribution < 1.29 is 22.6 Å². The Morgan fingerprint density at radius 1 is 0.962 bits per heavy atom. The molecule has 8 heteroatoms. The normalized spacial score (nSPS) is 15.0. The van der Waals surface area contributed by atoms with Crippen LogP contribution in [0.2, 0.25) is 0 Å². The summed E-state index contributed by atoms with van der Waals surface area (Å²) >= 11 is 0. The number of nitrogens with one attached hydrogen (secondary N) is 1. The van der Waals surface area contributed by atoms with Gasteiger partial charge in [-0.2, -0.15) is 18.2 Å². The molecule has 0 bridgehead atoms. The standard InChI is InChI=1S/C18H20F3N3O2/c19-18(20,21)15-6-7-16(24-10-8-22-9-11-24)23-17(15)26-13-12-25-14-4-2-1-3-5-14/h1-7,22H,8-13H2. The molecule has 1 aliphatic rings. The molecule has 0 unspecified atom stereocenters. The Kier molecular flexibility index (Phi) is 5.82. The Morgan fingerprint density at radius 3 is 2.35 bits per heavy atom. The number of hydrogen-bond donors (Lipinski definition) is 1. The van der Waals surface area contributed by atoms with Crippen LogP contribution < -0.4 is 19.7 Å². The van der Waals surface area contributed by atoms with Crippen LogP contribution in [0.4, 0.5) is 19.0 Å². The first-order valence-corrected chi connectivity index (χ1v) is 8.38. The number of pyridine rings is 1. The van der Waals surface area contributed by atoms with E-state index in [2.05, 4.69) is 10.3 Å². The number of hydrogen-bond acceptors (Lipinski definition) is 5. The first-order chi connectivity index (χ1) is 12.5. The quantitative estimate of drug-likeness (QED) is 0.796. The van der Waals surface area contributed by atoms with E-state index in [1.807, 2.05) is 23.1 Å². The minimum Gasteiger partial charge on any atom is -0.490 e. The van der Waals surface area contributed by atoms with Crippen LogP contribution in [0.25, 0.3) is 0 Å². The number of aromatic nitrogens is 1. The van der Waals surface area contributed by atoms with E-state index in [4.69, 9.17) is 9.47 Å². The van der Waals surface area contributed by atoms with Gasteiger partial charge in [0.1, 0.15) is 30.3 Å². The summed E-state index contributed by atoms with van der Waals surface area (Å²) in [6, 6.07) is 11.4. The minimum atomic E-state index is -4.52. The Morgan fingerprint density at radius 2 is 1.65 bits per heavy atom. The monoisotopic (exact) mass is 367 g/mol. The number of para-hydroxylation sites is 1. The second-order valence-corrected chi connectivity index (χ2v) is 5.77. The van der Waals surface area contributed by atoms with Gasteiger partial charge in [-0.1, -0.05) is 18.2 Å². The van der Waals surface area contributed by atoms with Crippen LogP contribution in [0.1, 0.15) is 5.56 Å². The summed E-state index contributed by atoms with van der Waals surface area (Å²) in [5.74, 6) is 0.707. The van der Waals surface area contributed by atoms with Gasteiger partial charge in [-0.3, -0.25) is 0 Å². The molecule has 1 N–H and O–H groups in total. The predicted molar refractivity (Wildman–Crippen MR) is 91.8 cm³/mol. The Labute approximate surface area is 149 Å².